The number of carbonyl (C=O) groups excluding carboxylic acids is 1. The predicted octanol–water partition coefficient (Wildman–Crippen LogP) is 2.61. The number of urea groups is 1. The Morgan fingerprint density at radius 1 is 1.00 bits per heavy atom. The molecule has 0 radical (unpaired) electrons. The van der Waals surface area contributed by atoms with E-state index in [-0.39, 0.29) is 20.3 Å². The van der Waals surface area contributed by atoms with E-state index in [0.717, 1.165) is 66.7 Å². The van der Waals surface area contributed by atoms with Crippen LogP contribution in [0.3, 0.4) is 0 Å². The summed E-state index contributed by atoms with van der Waals surface area (Å²) in [6.45, 7) is 0. The van der Waals surface area contributed by atoms with Crippen molar-refractivity contribution < 1.29 is 13.2 Å². The van der Waals surface area contributed by atoms with Crippen LogP contribution in [0, 0.1) is 0 Å². The van der Waals surface area contributed by atoms with Crippen LogP contribution in [0.5, 0.6) is 0 Å². The minimum absolute atomic E-state index is 0.0682. The van der Waals surface area contributed by atoms with E-state index in [1.165, 1.54) is 17.2 Å². The molecule has 164 valence electrons. The molecule has 2 aromatic carbocycles. The van der Waals surface area contributed by atoms with Gasteiger partial charge in [0, 0.05) is 0 Å². The van der Waals surface area contributed by atoms with Crippen LogP contribution in [0.2, 0.25) is 0 Å². The maximum absolute atomic E-state index is 13.1. The molecule has 4 N–H and O–H groups in total. The summed E-state index contributed by atoms with van der Waals surface area (Å²) in [7, 11) is -0.244. The monoisotopic (exact) mass is 507 g/mol. The molecule has 0 atom stereocenters. The van der Waals surface area contributed by atoms with Crippen LogP contribution in [0.25, 0.3) is 0 Å². The van der Waals surface area contributed by atoms with Gasteiger partial charge in [-0.3, -0.25) is 0 Å². The minimum atomic E-state index is -4.05. The van der Waals surface area contributed by atoms with Crippen LogP contribution in [0.15, 0.2) is 23.1 Å². The SMILES string of the molecule is CN(C)c1ccc(S(=O)(=O)NC(=O)Nc2c3c(cc4c2CCC4)CCC3)c2c1N[Se]N2. The van der Waals surface area contributed by atoms with E-state index < -0.39 is 16.1 Å². The normalized spacial score (nSPS) is 16.1. The van der Waals surface area contributed by atoms with Crippen molar-refractivity contribution in [3.8, 4) is 0 Å². The molecule has 0 bridgehead atoms. The Bertz CT molecular complexity index is 1160. The molecule has 2 aliphatic carbocycles. The molecule has 0 spiro atoms. The summed E-state index contributed by atoms with van der Waals surface area (Å²) >= 11 is -0.147. The zero-order valence-electron chi connectivity index (χ0n) is 17.5. The van der Waals surface area contributed by atoms with Crippen molar-refractivity contribution in [2.24, 2.45) is 0 Å². The number of sulfonamides is 1. The average molecular weight is 506 g/mol. The Labute approximate surface area is 188 Å². The Morgan fingerprint density at radius 2 is 1.65 bits per heavy atom. The number of benzene rings is 2. The first-order valence-corrected chi connectivity index (χ1v) is 13.6. The number of rotatable bonds is 4. The number of nitrogens with one attached hydrogen (secondary N) is 4. The van der Waals surface area contributed by atoms with Crippen LogP contribution in [0.4, 0.5) is 27.5 Å². The van der Waals surface area contributed by atoms with E-state index in [4.69, 9.17) is 0 Å². The van der Waals surface area contributed by atoms with Crippen LogP contribution in [-0.4, -0.2) is 43.9 Å². The fraction of sp³-hybridized carbons (Fsp3) is 0.381. The molecule has 8 nitrogen and oxygen atoms in total. The molecule has 0 saturated carbocycles. The molecule has 10 heteroatoms. The molecular formula is C21H25N5O3SSe. The van der Waals surface area contributed by atoms with Crippen molar-refractivity contribution in [2.45, 2.75) is 43.4 Å². The first kappa shape index (κ1) is 20.5. The standard InChI is InChI=1S/C21H25N5O3SSe/c1-26(2)16-9-10-17(20-19(16)24-31-25-20)30(28,29)23-21(27)22-18-14-7-3-5-12(14)11-13-6-4-8-15(13)18/h9-11,24-25H,3-8H2,1-2H3,(H2,22,23,27). The Morgan fingerprint density at radius 3 is 2.29 bits per heavy atom. The van der Waals surface area contributed by atoms with E-state index in [1.807, 2.05) is 19.0 Å². The van der Waals surface area contributed by atoms with Gasteiger partial charge < -0.3 is 0 Å². The summed E-state index contributed by atoms with van der Waals surface area (Å²) in [6, 6.07) is 4.85. The predicted molar refractivity (Wildman–Crippen MR) is 124 cm³/mol. The molecule has 0 unspecified atom stereocenters. The third-order valence-corrected chi connectivity index (χ3v) is 8.82. The molecule has 1 aliphatic heterocycles. The molecule has 0 fully saturated rings. The second kappa shape index (κ2) is 7.62. The van der Waals surface area contributed by atoms with Gasteiger partial charge in [-0.1, -0.05) is 0 Å². The van der Waals surface area contributed by atoms with Crippen LogP contribution >= 0.6 is 0 Å². The Balaban J connectivity index is 1.43. The van der Waals surface area contributed by atoms with Gasteiger partial charge in [-0.2, -0.15) is 0 Å². The van der Waals surface area contributed by atoms with Crippen molar-refractivity contribution in [3.05, 3.63) is 40.5 Å². The number of anilines is 4. The molecule has 2 aromatic rings. The number of fused-ring (bicyclic) bond motifs is 3. The van der Waals surface area contributed by atoms with E-state index in [0.29, 0.717) is 5.69 Å². The topological polar surface area (TPSA) is 103 Å². The number of amides is 2. The van der Waals surface area contributed by atoms with E-state index in [9.17, 15) is 13.2 Å². The summed E-state index contributed by atoms with van der Waals surface area (Å²) in [5.41, 5.74) is 7.87. The van der Waals surface area contributed by atoms with E-state index in [2.05, 4.69) is 24.8 Å². The van der Waals surface area contributed by atoms with Crippen molar-refractivity contribution in [1.29, 1.82) is 0 Å². The summed E-state index contributed by atoms with van der Waals surface area (Å²) in [4.78, 5) is 14.8. The second-order valence-corrected chi connectivity index (χ2v) is 11.3. The van der Waals surface area contributed by atoms with Crippen molar-refractivity contribution in [1.82, 2.24) is 4.72 Å². The molecule has 2 amide bonds. The molecule has 1 heterocycles. The second-order valence-electron chi connectivity index (χ2n) is 8.33. The fourth-order valence-electron chi connectivity index (χ4n) is 4.78. The maximum atomic E-state index is 13.1. The number of hydrogen-bond donors (Lipinski definition) is 4. The first-order chi connectivity index (χ1) is 14.8. The van der Waals surface area contributed by atoms with Gasteiger partial charge >= 0.3 is 189 Å². The summed E-state index contributed by atoms with van der Waals surface area (Å²) in [5, 5.41) is 2.90. The van der Waals surface area contributed by atoms with Gasteiger partial charge in [0.2, 0.25) is 0 Å². The Kier molecular flexibility index (Phi) is 5.03. The molecule has 31 heavy (non-hydrogen) atoms. The zero-order chi connectivity index (χ0) is 21.8. The first-order valence-electron chi connectivity index (χ1n) is 10.4. The zero-order valence-corrected chi connectivity index (χ0v) is 20.0. The summed E-state index contributed by atoms with van der Waals surface area (Å²) < 4.78 is 34.8. The fourth-order valence-corrected chi connectivity index (χ4v) is 7.42. The van der Waals surface area contributed by atoms with E-state index >= 15 is 0 Å². The summed E-state index contributed by atoms with van der Waals surface area (Å²) in [6.07, 6.45) is 6.00. The van der Waals surface area contributed by atoms with Gasteiger partial charge in [0.25, 0.3) is 0 Å². The van der Waals surface area contributed by atoms with Crippen LogP contribution in [0.1, 0.15) is 35.1 Å². The quantitative estimate of drug-likeness (QED) is 0.476. The average Bonchev–Trinajstić information content (AvgIpc) is 3.46. The van der Waals surface area contributed by atoms with Gasteiger partial charge in [0.05, 0.1) is 0 Å². The molecule has 0 saturated heterocycles. The van der Waals surface area contributed by atoms with Crippen molar-refractivity contribution >= 4 is 54.2 Å². The molecular weight excluding hydrogens is 481 g/mol. The number of hydrogen-bond acceptors (Lipinski definition) is 6. The van der Waals surface area contributed by atoms with Crippen LogP contribution in [-0.2, 0) is 35.7 Å². The number of carbonyl (C=O) groups is 1. The molecule has 5 rings (SSSR count). The van der Waals surface area contributed by atoms with Crippen LogP contribution < -0.4 is 23.6 Å². The van der Waals surface area contributed by atoms with Gasteiger partial charge in [0.15, 0.2) is 0 Å². The van der Waals surface area contributed by atoms with Gasteiger partial charge in [-0.15, -0.1) is 0 Å². The molecule has 0 aromatic heterocycles. The number of nitrogens with zero attached hydrogens (tertiary/aromatic N) is 1. The van der Waals surface area contributed by atoms with Gasteiger partial charge in [-0.05, 0) is 0 Å². The summed E-state index contributed by atoms with van der Waals surface area (Å²) in [5.74, 6) is 0. The van der Waals surface area contributed by atoms with E-state index in [1.54, 1.807) is 6.07 Å². The third-order valence-electron chi connectivity index (χ3n) is 6.16. The third kappa shape index (κ3) is 3.52. The number of aryl methyl sites for hydroxylation is 2. The van der Waals surface area contributed by atoms with Gasteiger partial charge in [-0.25, -0.2) is 0 Å². The van der Waals surface area contributed by atoms with Gasteiger partial charge in [0.1, 0.15) is 0 Å². The van der Waals surface area contributed by atoms with Crippen molar-refractivity contribution in [3.63, 3.8) is 0 Å². The molecule has 3 aliphatic rings. The van der Waals surface area contributed by atoms with Crippen molar-refractivity contribution in [2.75, 3.05) is 33.0 Å². The Hall–Kier alpha value is -2.42.